The van der Waals surface area contributed by atoms with E-state index in [0.717, 1.165) is 34.8 Å². The smallest absolute Gasteiger partial charge is 0.156 e. The third-order valence-corrected chi connectivity index (χ3v) is 4.71. The molecule has 1 N–H and O–H groups in total. The standard InChI is InChI=1S/C13H21N3S2/c1-9(2)6-12-8-18-13(16-12)14-5-4-11-7-17-10(3)15-11/h7,9,12H,4-6,8H2,1-3H3,(H,14,16). The van der Waals surface area contributed by atoms with Gasteiger partial charge in [-0.15, -0.1) is 11.3 Å². The highest BCUT2D eigenvalue weighted by molar-refractivity contribution is 8.14. The minimum Gasteiger partial charge on any atom is -0.361 e. The van der Waals surface area contributed by atoms with Crippen LogP contribution in [0.2, 0.25) is 0 Å². The first-order chi connectivity index (χ1) is 8.63. The van der Waals surface area contributed by atoms with Crippen LogP contribution in [0.1, 0.15) is 31.0 Å². The van der Waals surface area contributed by atoms with Crippen LogP contribution < -0.4 is 5.32 Å². The number of aromatic nitrogens is 1. The van der Waals surface area contributed by atoms with Gasteiger partial charge in [-0.2, -0.15) is 0 Å². The van der Waals surface area contributed by atoms with Crippen molar-refractivity contribution in [1.29, 1.82) is 0 Å². The second kappa shape index (κ2) is 6.57. The number of thioether (sulfide) groups is 1. The Bertz CT molecular complexity index is 412. The van der Waals surface area contributed by atoms with Gasteiger partial charge in [0.05, 0.1) is 10.7 Å². The Morgan fingerprint density at radius 2 is 2.39 bits per heavy atom. The van der Waals surface area contributed by atoms with Gasteiger partial charge in [-0.3, -0.25) is 4.99 Å². The number of nitrogens with one attached hydrogen (secondary N) is 1. The van der Waals surface area contributed by atoms with E-state index in [0.29, 0.717) is 6.04 Å². The molecule has 1 aromatic rings. The summed E-state index contributed by atoms with van der Waals surface area (Å²) in [5, 5.41) is 7.90. The Balaban J connectivity index is 1.74. The fraction of sp³-hybridized carbons (Fsp3) is 0.692. The normalized spacial score (nSPS) is 21.8. The van der Waals surface area contributed by atoms with Crippen molar-refractivity contribution >= 4 is 28.3 Å². The molecule has 5 heteroatoms. The minimum atomic E-state index is 0.607. The highest BCUT2D eigenvalue weighted by Gasteiger charge is 2.20. The number of rotatable bonds is 5. The van der Waals surface area contributed by atoms with Gasteiger partial charge in [-0.1, -0.05) is 25.6 Å². The molecule has 18 heavy (non-hydrogen) atoms. The third kappa shape index (κ3) is 4.28. The molecule has 3 nitrogen and oxygen atoms in total. The van der Waals surface area contributed by atoms with E-state index in [1.807, 2.05) is 18.7 Å². The summed E-state index contributed by atoms with van der Waals surface area (Å²) in [6.07, 6.45) is 2.18. The second-order valence-electron chi connectivity index (χ2n) is 5.08. The van der Waals surface area contributed by atoms with Crippen LogP contribution in [-0.4, -0.2) is 28.5 Å². The predicted molar refractivity (Wildman–Crippen MR) is 81.7 cm³/mol. The van der Waals surface area contributed by atoms with E-state index in [1.165, 1.54) is 12.1 Å². The van der Waals surface area contributed by atoms with E-state index < -0.39 is 0 Å². The molecule has 0 aliphatic carbocycles. The molecule has 1 fully saturated rings. The fourth-order valence-corrected chi connectivity index (χ4v) is 3.68. The van der Waals surface area contributed by atoms with Gasteiger partial charge in [-0.05, 0) is 19.3 Å². The number of aryl methyl sites for hydroxylation is 1. The van der Waals surface area contributed by atoms with Gasteiger partial charge in [0.15, 0.2) is 5.17 Å². The minimum absolute atomic E-state index is 0.607. The monoisotopic (exact) mass is 283 g/mol. The van der Waals surface area contributed by atoms with Gasteiger partial charge < -0.3 is 5.32 Å². The summed E-state index contributed by atoms with van der Waals surface area (Å²) in [4.78, 5) is 9.07. The maximum atomic E-state index is 4.62. The van der Waals surface area contributed by atoms with Gasteiger partial charge in [0.25, 0.3) is 0 Å². The summed E-state index contributed by atoms with van der Waals surface area (Å²) in [7, 11) is 0. The van der Waals surface area contributed by atoms with Gasteiger partial charge in [0.2, 0.25) is 0 Å². The fourth-order valence-electron chi connectivity index (χ4n) is 2.02. The van der Waals surface area contributed by atoms with Crippen molar-refractivity contribution in [1.82, 2.24) is 10.3 Å². The van der Waals surface area contributed by atoms with Gasteiger partial charge in [0, 0.05) is 30.1 Å². The van der Waals surface area contributed by atoms with E-state index in [9.17, 15) is 0 Å². The largest absolute Gasteiger partial charge is 0.361 e. The Hall–Kier alpha value is -0.550. The van der Waals surface area contributed by atoms with Crippen LogP contribution in [0, 0.1) is 12.8 Å². The maximum Gasteiger partial charge on any atom is 0.156 e. The molecule has 0 bridgehead atoms. The molecule has 1 aromatic heterocycles. The first-order valence-electron chi connectivity index (χ1n) is 6.48. The number of hydrogen-bond donors (Lipinski definition) is 1. The quantitative estimate of drug-likeness (QED) is 0.902. The molecule has 1 aliphatic rings. The second-order valence-corrected chi connectivity index (χ2v) is 7.15. The molecule has 0 amide bonds. The number of amidine groups is 1. The molecule has 1 saturated heterocycles. The van der Waals surface area contributed by atoms with Crippen LogP contribution in [0.5, 0.6) is 0 Å². The van der Waals surface area contributed by atoms with Crippen LogP contribution >= 0.6 is 23.1 Å². The summed E-state index contributed by atoms with van der Waals surface area (Å²) >= 11 is 3.57. The Morgan fingerprint density at radius 3 is 3.06 bits per heavy atom. The Labute approximate surface area is 118 Å². The molecule has 1 atom stereocenters. The Kier molecular flexibility index (Phi) is 5.06. The molecule has 2 heterocycles. The molecule has 1 aliphatic heterocycles. The number of aliphatic imine (C=N–C) groups is 1. The highest BCUT2D eigenvalue weighted by Crippen LogP contribution is 2.19. The molecule has 100 valence electrons. The van der Waals surface area contributed by atoms with Crippen LogP contribution in [0.25, 0.3) is 0 Å². The van der Waals surface area contributed by atoms with Crippen molar-refractivity contribution in [2.45, 2.75) is 39.7 Å². The van der Waals surface area contributed by atoms with Gasteiger partial charge in [0.1, 0.15) is 0 Å². The van der Waals surface area contributed by atoms with E-state index in [2.05, 4.69) is 34.5 Å². The zero-order valence-corrected chi connectivity index (χ0v) is 12.9. The molecule has 0 radical (unpaired) electrons. The van der Waals surface area contributed by atoms with Crippen molar-refractivity contribution in [2.24, 2.45) is 10.9 Å². The lowest BCUT2D eigenvalue weighted by Gasteiger charge is -2.11. The van der Waals surface area contributed by atoms with Crippen molar-refractivity contribution in [3.05, 3.63) is 16.1 Å². The third-order valence-electron chi connectivity index (χ3n) is 2.79. The summed E-state index contributed by atoms with van der Waals surface area (Å²) in [6, 6.07) is 0.607. The summed E-state index contributed by atoms with van der Waals surface area (Å²) < 4.78 is 0. The van der Waals surface area contributed by atoms with Crippen molar-refractivity contribution in [3.8, 4) is 0 Å². The highest BCUT2D eigenvalue weighted by atomic mass is 32.2. The van der Waals surface area contributed by atoms with E-state index in [4.69, 9.17) is 0 Å². The van der Waals surface area contributed by atoms with Crippen LogP contribution in [-0.2, 0) is 6.42 Å². The van der Waals surface area contributed by atoms with Crippen molar-refractivity contribution in [3.63, 3.8) is 0 Å². The van der Waals surface area contributed by atoms with E-state index in [1.54, 1.807) is 11.3 Å². The van der Waals surface area contributed by atoms with Crippen molar-refractivity contribution < 1.29 is 0 Å². The first-order valence-corrected chi connectivity index (χ1v) is 8.35. The number of nitrogens with zero attached hydrogens (tertiary/aromatic N) is 2. The van der Waals surface area contributed by atoms with Crippen LogP contribution in [0.3, 0.4) is 0 Å². The topological polar surface area (TPSA) is 37.3 Å². The van der Waals surface area contributed by atoms with Gasteiger partial charge >= 0.3 is 0 Å². The lowest BCUT2D eigenvalue weighted by atomic mass is 10.1. The molecule has 0 aromatic carbocycles. The zero-order valence-electron chi connectivity index (χ0n) is 11.3. The average molecular weight is 283 g/mol. The maximum absolute atomic E-state index is 4.62. The van der Waals surface area contributed by atoms with E-state index in [-0.39, 0.29) is 0 Å². The molecular weight excluding hydrogens is 262 g/mol. The molecule has 1 unspecified atom stereocenters. The van der Waals surface area contributed by atoms with Gasteiger partial charge in [-0.25, -0.2) is 4.98 Å². The van der Waals surface area contributed by atoms with Crippen LogP contribution in [0.15, 0.2) is 10.4 Å². The predicted octanol–water partition coefficient (Wildman–Crippen LogP) is 3.10. The van der Waals surface area contributed by atoms with Crippen LogP contribution in [0.4, 0.5) is 0 Å². The first kappa shape index (κ1) is 13.9. The average Bonchev–Trinajstić information content (AvgIpc) is 2.88. The Morgan fingerprint density at radius 1 is 1.56 bits per heavy atom. The zero-order chi connectivity index (χ0) is 13.0. The summed E-state index contributed by atoms with van der Waals surface area (Å²) in [5.74, 6) is 1.91. The summed E-state index contributed by atoms with van der Waals surface area (Å²) in [5.41, 5.74) is 1.17. The molecular formula is C13H21N3S2. The van der Waals surface area contributed by atoms with E-state index >= 15 is 0 Å². The number of hydrogen-bond acceptors (Lipinski definition) is 4. The molecule has 0 spiro atoms. The summed E-state index contributed by atoms with van der Waals surface area (Å²) in [6.45, 7) is 7.43. The SMILES string of the molecule is Cc1nc(CCN=C2NC(CC(C)C)CS2)cs1. The lowest BCUT2D eigenvalue weighted by Crippen LogP contribution is -2.28. The van der Waals surface area contributed by atoms with Crippen molar-refractivity contribution in [2.75, 3.05) is 12.3 Å². The lowest BCUT2D eigenvalue weighted by molar-refractivity contribution is 0.502. The molecule has 0 saturated carbocycles. The number of thiazole rings is 1. The molecule has 2 rings (SSSR count).